The van der Waals surface area contributed by atoms with Gasteiger partial charge in [-0.05, 0) is 61.3 Å². The Bertz CT molecular complexity index is 1980. The molecule has 0 spiro atoms. The highest BCUT2D eigenvalue weighted by molar-refractivity contribution is 5.83. The lowest BCUT2D eigenvalue weighted by molar-refractivity contribution is -0.215. The highest BCUT2D eigenvalue weighted by Crippen LogP contribution is 2.33. The van der Waals surface area contributed by atoms with Crippen LogP contribution in [0.4, 0.5) is 15.4 Å². The van der Waals surface area contributed by atoms with Crippen LogP contribution in [0.5, 0.6) is 0 Å². The molecular weight excluding hydrogens is 762 g/mol. The number of aliphatic hydroxyl groups is 2. The maximum absolute atomic E-state index is 13.3. The number of carbonyl (C=O) groups is 3. The Morgan fingerprint density at radius 2 is 1.46 bits per heavy atom. The quantitative estimate of drug-likeness (QED) is 0.0603. The zero-order chi connectivity index (χ0) is 41.2. The fourth-order valence-corrected chi connectivity index (χ4v) is 6.53. The first-order chi connectivity index (χ1) is 28.9. The van der Waals surface area contributed by atoms with Gasteiger partial charge in [0.25, 0.3) is 0 Å². The monoisotopic (exact) mass is 813 g/mol. The normalized spacial score (nSPS) is 21.0. The Balaban J connectivity index is 1.15. The number of hydrogen-bond donors (Lipinski definition) is 4. The third kappa shape index (κ3) is 13.2. The van der Waals surface area contributed by atoms with Gasteiger partial charge >= 0.3 is 18.2 Å². The van der Waals surface area contributed by atoms with E-state index in [-0.39, 0.29) is 44.2 Å². The smallest absolute Gasteiger partial charge is 0.413 e. The molecule has 2 amide bonds. The van der Waals surface area contributed by atoms with Crippen molar-refractivity contribution in [2.24, 2.45) is 4.99 Å². The van der Waals surface area contributed by atoms with E-state index >= 15 is 0 Å². The number of benzene rings is 3. The highest BCUT2D eigenvalue weighted by atomic mass is 16.7. The van der Waals surface area contributed by atoms with Crippen LogP contribution in [0.3, 0.4) is 0 Å². The lowest BCUT2D eigenvalue weighted by Crippen LogP contribution is -2.42. The number of alkyl carbamates (subject to hydrolysis) is 1. The van der Waals surface area contributed by atoms with E-state index in [9.17, 15) is 24.6 Å². The SMILES string of the molecule is O=C(Nc1ccn([C@@H]2O[C@H](CO)[C@@H](O)[C@H]2OC2CCCCO2)c(=NCCCC[C@H](NC(=O)OCc2ccccc2)C(=O)OCc2ccccc2)n1)OCc1ccccc1. The van der Waals surface area contributed by atoms with Gasteiger partial charge in [-0.2, -0.15) is 4.98 Å². The number of amides is 2. The number of aromatic nitrogens is 2. The number of hydrogen-bond acceptors (Lipinski definition) is 13. The van der Waals surface area contributed by atoms with Gasteiger partial charge in [-0.15, -0.1) is 0 Å². The minimum Gasteiger partial charge on any atom is -0.459 e. The zero-order valence-electron chi connectivity index (χ0n) is 32.7. The van der Waals surface area contributed by atoms with Crippen molar-refractivity contribution < 1.29 is 53.0 Å². The van der Waals surface area contributed by atoms with E-state index in [1.165, 1.54) is 6.07 Å². The van der Waals surface area contributed by atoms with Crippen LogP contribution in [0, 0.1) is 0 Å². The standard InChI is InChI=1S/C43H51N5O11/c49-26-34-37(50)38(59-36-21-11-13-25-54-36)39(58-34)48-24-22-35(47-43(53)57-29-32-18-8-3-9-19-32)46-41(48)44-23-12-10-20-33(40(51)55-27-30-14-4-1-5-15-30)45-42(52)56-28-31-16-6-2-7-17-31/h1-9,14-19,22,24,33-34,36-39,49-50H,10-13,20-21,23,25-29H2,(H,45,52)(H,44,46,47,53)/t33-,34+,36?,37+,38+,39+/m0/s1. The van der Waals surface area contributed by atoms with Gasteiger partial charge in [0, 0.05) is 19.3 Å². The third-order valence-electron chi connectivity index (χ3n) is 9.67. The number of nitrogens with one attached hydrogen (secondary N) is 2. The van der Waals surface area contributed by atoms with Gasteiger partial charge in [-0.1, -0.05) is 91.0 Å². The number of carbonyl (C=O) groups excluding carboxylic acids is 3. The molecule has 4 aromatic rings. The van der Waals surface area contributed by atoms with Crippen molar-refractivity contribution >= 4 is 24.0 Å². The van der Waals surface area contributed by atoms with Crippen LogP contribution in [0.2, 0.25) is 0 Å². The first-order valence-corrected chi connectivity index (χ1v) is 19.8. The molecular formula is C43H51N5O11. The molecule has 4 N–H and O–H groups in total. The van der Waals surface area contributed by atoms with Crippen LogP contribution in [0.25, 0.3) is 0 Å². The largest absolute Gasteiger partial charge is 0.459 e. The van der Waals surface area contributed by atoms with Crippen molar-refractivity contribution in [2.75, 3.05) is 25.1 Å². The summed E-state index contributed by atoms with van der Waals surface area (Å²) >= 11 is 0. The number of aliphatic hydroxyl groups excluding tert-OH is 2. The molecule has 59 heavy (non-hydrogen) atoms. The summed E-state index contributed by atoms with van der Waals surface area (Å²) in [7, 11) is 0. The number of nitrogens with zero attached hydrogens (tertiary/aromatic N) is 3. The van der Waals surface area contributed by atoms with Gasteiger partial charge in [0.15, 0.2) is 12.5 Å². The maximum atomic E-state index is 13.3. The zero-order valence-corrected chi connectivity index (χ0v) is 32.7. The van der Waals surface area contributed by atoms with Crippen molar-refractivity contribution in [1.29, 1.82) is 0 Å². The van der Waals surface area contributed by atoms with Crippen LogP contribution in [-0.2, 0) is 53.0 Å². The van der Waals surface area contributed by atoms with Crippen LogP contribution < -0.4 is 16.3 Å². The summed E-state index contributed by atoms with van der Waals surface area (Å²) in [5.41, 5.74) is 2.54. The van der Waals surface area contributed by atoms with Crippen molar-refractivity contribution in [3.05, 3.63) is 126 Å². The summed E-state index contributed by atoms with van der Waals surface area (Å²) in [6.45, 7) is 0.386. The van der Waals surface area contributed by atoms with E-state index in [1.54, 1.807) is 10.8 Å². The molecule has 0 saturated carbocycles. The fraction of sp³-hybridized carbons (Fsp3) is 0.419. The predicted octanol–water partition coefficient (Wildman–Crippen LogP) is 4.90. The molecule has 2 fully saturated rings. The Hall–Kier alpha value is -5.65. The number of ether oxygens (including phenoxy) is 6. The average molecular weight is 814 g/mol. The molecule has 2 aliphatic rings. The molecule has 16 heteroatoms. The Morgan fingerprint density at radius 3 is 2.07 bits per heavy atom. The first-order valence-electron chi connectivity index (χ1n) is 19.8. The van der Waals surface area contributed by atoms with E-state index in [1.807, 2.05) is 91.0 Å². The summed E-state index contributed by atoms with van der Waals surface area (Å²) in [6, 6.07) is 28.2. The average Bonchev–Trinajstić information content (AvgIpc) is 3.58. The Morgan fingerprint density at radius 1 is 0.831 bits per heavy atom. The summed E-state index contributed by atoms with van der Waals surface area (Å²) < 4.78 is 36.0. The van der Waals surface area contributed by atoms with E-state index in [0.717, 1.165) is 29.5 Å². The van der Waals surface area contributed by atoms with E-state index in [0.29, 0.717) is 25.9 Å². The molecule has 0 bridgehead atoms. The van der Waals surface area contributed by atoms with Crippen LogP contribution in [-0.4, -0.2) is 88.3 Å². The number of anilines is 1. The van der Waals surface area contributed by atoms with Crippen molar-refractivity contribution in [3.63, 3.8) is 0 Å². The van der Waals surface area contributed by atoms with Crippen LogP contribution in [0.15, 0.2) is 108 Å². The summed E-state index contributed by atoms with van der Waals surface area (Å²) in [5.74, 6) is -0.467. The lowest BCUT2D eigenvalue weighted by Gasteiger charge is -2.30. The van der Waals surface area contributed by atoms with E-state index in [2.05, 4.69) is 15.6 Å². The molecule has 3 heterocycles. The number of rotatable bonds is 18. The molecule has 0 radical (unpaired) electrons. The lowest BCUT2D eigenvalue weighted by atomic mass is 10.1. The molecule has 1 aromatic heterocycles. The topological polar surface area (TPSA) is 201 Å². The molecule has 2 aliphatic heterocycles. The maximum Gasteiger partial charge on any atom is 0.413 e. The molecule has 2 saturated heterocycles. The van der Waals surface area contributed by atoms with Crippen LogP contribution in [0.1, 0.15) is 61.4 Å². The van der Waals surface area contributed by atoms with Crippen molar-refractivity contribution in [2.45, 2.75) is 95.2 Å². The van der Waals surface area contributed by atoms with Gasteiger partial charge < -0.3 is 44.0 Å². The minimum absolute atomic E-state index is 0.0311. The van der Waals surface area contributed by atoms with Crippen LogP contribution >= 0.6 is 0 Å². The third-order valence-corrected chi connectivity index (χ3v) is 9.67. The molecule has 6 rings (SSSR count). The van der Waals surface area contributed by atoms with Crippen molar-refractivity contribution in [1.82, 2.24) is 14.9 Å². The van der Waals surface area contributed by atoms with Crippen molar-refractivity contribution in [3.8, 4) is 0 Å². The molecule has 1 unspecified atom stereocenters. The second-order valence-corrected chi connectivity index (χ2v) is 14.1. The summed E-state index contributed by atoms with van der Waals surface area (Å²) in [4.78, 5) is 48.2. The van der Waals surface area contributed by atoms with E-state index < -0.39 is 61.6 Å². The number of unbranched alkanes of at least 4 members (excludes halogenated alkanes) is 1. The Labute approximate surface area is 342 Å². The van der Waals surface area contributed by atoms with Gasteiger partial charge in [0.2, 0.25) is 5.62 Å². The first kappa shape index (κ1) is 42.9. The summed E-state index contributed by atoms with van der Waals surface area (Å²) in [6.07, 6.45) is -0.970. The minimum atomic E-state index is -1.19. The van der Waals surface area contributed by atoms with E-state index in [4.69, 9.17) is 33.4 Å². The van der Waals surface area contributed by atoms with Gasteiger partial charge in [-0.3, -0.25) is 14.9 Å². The molecule has 314 valence electrons. The molecule has 6 atom stereocenters. The fourth-order valence-electron chi connectivity index (χ4n) is 6.53. The summed E-state index contributed by atoms with van der Waals surface area (Å²) in [5, 5.41) is 26.5. The Kier molecular flexibility index (Phi) is 16.4. The predicted molar refractivity (Wildman–Crippen MR) is 212 cm³/mol. The molecule has 16 nitrogen and oxygen atoms in total. The van der Waals surface area contributed by atoms with Gasteiger partial charge in [-0.25, -0.2) is 14.4 Å². The number of esters is 1. The van der Waals surface area contributed by atoms with Gasteiger partial charge in [0.1, 0.15) is 50.0 Å². The second-order valence-electron chi connectivity index (χ2n) is 14.1. The highest BCUT2D eigenvalue weighted by Gasteiger charge is 2.47. The molecule has 0 aliphatic carbocycles. The molecule has 3 aromatic carbocycles. The van der Waals surface area contributed by atoms with Gasteiger partial charge in [0.05, 0.1) is 6.61 Å². The second kappa shape index (κ2) is 22.5.